The van der Waals surface area contributed by atoms with Gasteiger partial charge < -0.3 is 0 Å². The van der Waals surface area contributed by atoms with Gasteiger partial charge in [-0.25, -0.2) is 4.57 Å². The molecule has 0 aliphatic heterocycles. The standard InChI is InChI=1S/C27H34N/c1-18-9-11-22(12-10-18)24-15-25(20(3)13-19(24)2)26-14-23(16-27(5,6)7)21(4)17-28(26)8/h9-15,17H,16H2,1-8H3/q+1/i2D3,4D3,16D2. The number of aromatic nitrogens is 1. The van der Waals surface area contributed by atoms with Gasteiger partial charge in [0.1, 0.15) is 7.05 Å². The Balaban J connectivity index is 2.40. The highest BCUT2D eigenvalue weighted by Crippen LogP contribution is 2.32. The molecule has 0 radical (unpaired) electrons. The topological polar surface area (TPSA) is 3.88 Å². The van der Waals surface area contributed by atoms with Crippen molar-refractivity contribution >= 4 is 0 Å². The summed E-state index contributed by atoms with van der Waals surface area (Å²) >= 11 is 0. The summed E-state index contributed by atoms with van der Waals surface area (Å²) in [5.41, 5.74) is 3.85. The van der Waals surface area contributed by atoms with Crippen LogP contribution in [0.15, 0.2) is 48.7 Å². The van der Waals surface area contributed by atoms with E-state index in [9.17, 15) is 0 Å². The van der Waals surface area contributed by atoms with Crippen LogP contribution in [0.25, 0.3) is 22.4 Å². The quantitative estimate of drug-likeness (QED) is 0.447. The van der Waals surface area contributed by atoms with Crippen molar-refractivity contribution in [1.29, 1.82) is 0 Å². The summed E-state index contributed by atoms with van der Waals surface area (Å²) in [5, 5.41) is 0. The van der Waals surface area contributed by atoms with Crippen LogP contribution >= 0.6 is 0 Å². The molecule has 1 heteroatoms. The van der Waals surface area contributed by atoms with Crippen molar-refractivity contribution in [2.24, 2.45) is 12.5 Å². The molecule has 0 amide bonds. The number of benzene rings is 2. The van der Waals surface area contributed by atoms with E-state index in [1.807, 2.05) is 44.2 Å². The molecule has 146 valence electrons. The third kappa shape index (κ3) is 4.35. The van der Waals surface area contributed by atoms with Gasteiger partial charge in [-0.1, -0.05) is 56.7 Å². The molecule has 1 heterocycles. The molecule has 0 aliphatic rings. The van der Waals surface area contributed by atoms with Crippen LogP contribution in [0, 0.1) is 33.0 Å². The summed E-state index contributed by atoms with van der Waals surface area (Å²) in [7, 11) is 1.73. The summed E-state index contributed by atoms with van der Waals surface area (Å²) in [4.78, 5) is 0. The van der Waals surface area contributed by atoms with Crippen molar-refractivity contribution in [2.45, 2.75) is 54.7 Å². The van der Waals surface area contributed by atoms with Crippen LogP contribution in [0.4, 0.5) is 0 Å². The summed E-state index contributed by atoms with van der Waals surface area (Å²) in [6.07, 6.45) is -0.462. The summed E-state index contributed by atoms with van der Waals surface area (Å²) in [6.45, 7) is 4.19. The molecule has 0 unspecified atom stereocenters. The summed E-state index contributed by atoms with van der Waals surface area (Å²) < 4.78 is 68.0. The summed E-state index contributed by atoms with van der Waals surface area (Å²) in [5.74, 6) is 0. The molecule has 0 N–H and O–H groups in total. The number of rotatable bonds is 3. The average Bonchev–Trinajstić information content (AvgIpc) is 2.72. The molecule has 0 saturated heterocycles. The van der Waals surface area contributed by atoms with Crippen molar-refractivity contribution in [2.75, 3.05) is 0 Å². The van der Waals surface area contributed by atoms with E-state index >= 15 is 0 Å². The first-order chi connectivity index (χ1) is 16.2. The molecular formula is C27H34N+. The second kappa shape index (κ2) is 7.54. The first-order valence-electron chi connectivity index (χ1n) is 13.5. The van der Waals surface area contributed by atoms with Crippen LogP contribution in [-0.4, -0.2) is 0 Å². The van der Waals surface area contributed by atoms with Crippen molar-refractivity contribution in [3.8, 4) is 22.4 Å². The van der Waals surface area contributed by atoms with Crippen molar-refractivity contribution in [1.82, 2.24) is 0 Å². The van der Waals surface area contributed by atoms with Crippen LogP contribution in [0.2, 0.25) is 0 Å². The Morgan fingerprint density at radius 1 is 0.893 bits per heavy atom. The number of hydrogen-bond donors (Lipinski definition) is 0. The Kier molecular flexibility index (Phi) is 3.29. The van der Waals surface area contributed by atoms with E-state index in [1.54, 1.807) is 44.5 Å². The third-order valence-corrected chi connectivity index (χ3v) is 4.79. The zero-order valence-electron chi connectivity index (χ0n) is 25.6. The van der Waals surface area contributed by atoms with Crippen molar-refractivity contribution in [3.05, 3.63) is 76.5 Å². The lowest BCUT2D eigenvalue weighted by Crippen LogP contribution is -2.32. The second-order valence-electron chi connectivity index (χ2n) is 8.55. The fourth-order valence-electron chi connectivity index (χ4n) is 3.38. The van der Waals surface area contributed by atoms with Gasteiger partial charge in [-0.2, -0.15) is 0 Å². The third-order valence-electron chi connectivity index (χ3n) is 4.79. The van der Waals surface area contributed by atoms with Gasteiger partial charge in [0.05, 0.1) is 0 Å². The molecule has 28 heavy (non-hydrogen) atoms. The first-order valence-corrected chi connectivity index (χ1v) is 9.52. The van der Waals surface area contributed by atoms with Gasteiger partial charge in [0.2, 0.25) is 5.69 Å². The minimum absolute atomic E-state index is 0.0378. The van der Waals surface area contributed by atoms with Crippen LogP contribution < -0.4 is 4.57 Å². The van der Waals surface area contributed by atoms with Gasteiger partial charge in [-0.15, -0.1) is 0 Å². The minimum atomic E-state index is -2.50. The van der Waals surface area contributed by atoms with Gasteiger partial charge in [-0.3, -0.25) is 0 Å². The molecule has 0 saturated carbocycles. The van der Waals surface area contributed by atoms with E-state index < -0.39 is 25.5 Å². The Hall–Kier alpha value is -2.41. The second-order valence-corrected chi connectivity index (χ2v) is 8.55. The van der Waals surface area contributed by atoms with Gasteiger partial charge in [0.15, 0.2) is 6.20 Å². The van der Waals surface area contributed by atoms with Gasteiger partial charge in [0, 0.05) is 28.2 Å². The Morgan fingerprint density at radius 2 is 1.57 bits per heavy atom. The normalized spacial score (nSPS) is 17.4. The molecule has 1 aromatic heterocycles. The predicted molar refractivity (Wildman–Crippen MR) is 121 cm³/mol. The van der Waals surface area contributed by atoms with E-state index in [0.717, 1.165) is 11.1 Å². The lowest BCUT2D eigenvalue weighted by Gasteiger charge is -2.20. The van der Waals surface area contributed by atoms with E-state index in [-0.39, 0.29) is 16.7 Å². The highest BCUT2D eigenvalue weighted by atomic mass is 14.9. The average molecular weight is 381 g/mol. The fraction of sp³-hybridized carbons (Fsp3) is 0.370. The minimum Gasteiger partial charge on any atom is -0.201 e. The van der Waals surface area contributed by atoms with E-state index in [4.69, 9.17) is 11.0 Å². The smallest absolute Gasteiger partial charge is 0.201 e. The van der Waals surface area contributed by atoms with Crippen molar-refractivity contribution < 1.29 is 15.5 Å². The fourth-order valence-corrected chi connectivity index (χ4v) is 3.38. The largest absolute Gasteiger partial charge is 0.212 e. The van der Waals surface area contributed by atoms with Crippen LogP contribution in [0.5, 0.6) is 0 Å². The molecule has 0 aliphatic carbocycles. The maximum absolute atomic E-state index is 8.87. The number of aryl methyl sites for hydroxylation is 5. The van der Waals surface area contributed by atoms with Crippen LogP contribution in [0.1, 0.15) is 59.6 Å². The molecular weight excluding hydrogens is 338 g/mol. The Labute approximate surface area is 182 Å². The molecule has 0 atom stereocenters. The van der Waals surface area contributed by atoms with Gasteiger partial charge in [-0.05, 0) is 73.2 Å². The highest BCUT2D eigenvalue weighted by molar-refractivity contribution is 5.76. The SMILES string of the molecule is [2H]C([2H])([2H])c1cc(C)c(-c2cc(C([2H])([2H])C(C)(C)C)c(C([2H])([2H])[2H])c[n+]2C)cc1-c1ccc(C)cc1. The molecule has 0 fully saturated rings. The molecule has 3 aromatic rings. The molecule has 0 bridgehead atoms. The monoisotopic (exact) mass is 380 g/mol. The zero-order chi connectivity index (χ0) is 27.4. The molecule has 2 aromatic carbocycles. The summed E-state index contributed by atoms with van der Waals surface area (Å²) in [6, 6.07) is 12.7. The van der Waals surface area contributed by atoms with Crippen LogP contribution in [0.3, 0.4) is 0 Å². The van der Waals surface area contributed by atoms with E-state index in [1.165, 1.54) is 6.20 Å². The maximum atomic E-state index is 8.87. The molecule has 3 rings (SSSR count). The molecule has 0 spiro atoms. The number of pyridine rings is 1. The first kappa shape index (κ1) is 12.2. The van der Waals surface area contributed by atoms with Gasteiger partial charge >= 0.3 is 0 Å². The maximum Gasteiger partial charge on any atom is 0.212 e. The van der Waals surface area contributed by atoms with Gasteiger partial charge in [0.25, 0.3) is 0 Å². The number of hydrogen-bond acceptors (Lipinski definition) is 0. The lowest BCUT2D eigenvalue weighted by molar-refractivity contribution is -0.660. The lowest BCUT2D eigenvalue weighted by atomic mass is 9.86. The Bertz CT molecular complexity index is 1280. The predicted octanol–water partition coefficient (Wildman–Crippen LogP) is 6.67. The van der Waals surface area contributed by atoms with Crippen LogP contribution in [-0.2, 0) is 13.4 Å². The van der Waals surface area contributed by atoms with Crippen molar-refractivity contribution in [3.63, 3.8) is 0 Å². The Morgan fingerprint density at radius 3 is 2.18 bits per heavy atom. The van der Waals surface area contributed by atoms with E-state index in [2.05, 4.69) is 0 Å². The number of nitrogens with zero attached hydrogens (tertiary/aromatic N) is 1. The van der Waals surface area contributed by atoms with E-state index in [0.29, 0.717) is 22.4 Å². The molecule has 1 nitrogen and oxygen atoms in total. The highest BCUT2D eigenvalue weighted by Gasteiger charge is 2.20. The zero-order valence-corrected chi connectivity index (χ0v) is 17.6.